The van der Waals surface area contributed by atoms with Crippen LogP contribution in [-0.2, 0) is 4.79 Å². The van der Waals surface area contributed by atoms with E-state index in [0.29, 0.717) is 23.4 Å². The van der Waals surface area contributed by atoms with Crippen LogP contribution in [0, 0.1) is 11.2 Å². The number of halogens is 1. The summed E-state index contributed by atoms with van der Waals surface area (Å²) in [4.78, 5) is 29.2. The third-order valence-corrected chi connectivity index (χ3v) is 6.41. The minimum atomic E-state index is -0.279. The summed E-state index contributed by atoms with van der Waals surface area (Å²) in [6.07, 6.45) is 7.25. The Kier molecular flexibility index (Phi) is 5.91. The topological polar surface area (TPSA) is 112 Å². The van der Waals surface area contributed by atoms with Crippen molar-refractivity contribution in [2.45, 2.75) is 27.2 Å². The first-order valence-electron chi connectivity index (χ1n) is 12.6. The molecular weight excluding hydrogens is 493 g/mol. The molecule has 5 aromatic heterocycles. The van der Waals surface area contributed by atoms with Gasteiger partial charge in [0, 0.05) is 46.9 Å². The fraction of sp³-hybridized carbons (Fsp3) is 0.167. The van der Waals surface area contributed by atoms with Crippen molar-refractivity contribution < 1.29 is 9.18 Å². The second-order valence-electron chi connectivity index (χ2n) is 10.8. The lowest BCUT2D eigenvalue weighted by Crippen LogP contribution is -2.19. The molecule has 3 N–H and O–H groups in total. The number of pyridine rings is 3. The molecule has 0 saturated heterocycles. The second-order valence-corrected chi connectivity index (χ2v) is 10.8. The van der Waals surface area contributed by atoms with Crippen molar-refractivity contribution in [3.05, 3.63) is 79.1 Å². The lowest BCUT2D eigenvalue weighted by atomic mass is 9.92. The number of hydrogen-bond acceptors (Lipinski definition) is 5. The number of hydrogen-bond donors (Lipinski definition) is 3. The SMILES string of the molecule is CC(C)(C)CC(=O)Nc1cncc(-c2cnc3n[nH]c(-c4cc5c(-c6ccc(F)cc6)ccnc5[nH]4)c3c2)c1. The van der Waals surface area contributed by atoms with Crippen LogP contribution in [0.2, 0.25) is 0 Å². The van der Waals surface area contributed by atoms with Gasteiger partial charge in [-0.15, -0.1) is 0 Å². The smallest absolute Gasteiger partial charge is 0.224 e. The highest BCUT2D eigenvalue weighted by Gasteiger charge is 2.17. The Morgan fingerprint density at radius 2 is 1.72 bits per heavy atom. The molecule has 0 aliphatic heterocycles. The first-order chi connectivity index (χ1) is 18.7. The zero-order chi connectivity index (χ0) is 27.1. The molecule has 194 valence electrons. The molecular formula is C30H26FN7O. The van der Waals surface area contributed by atoms with E-state index in [-0.39, 0.29) is 17.1 Å². The van der Waals surface area contributed by atoms with Gasteiger partial charge >= 0.3 is 0 Å². The molecule has 0 bridgehead atoms. The Hall–Kier alpha value is -4.92. The minimum Gasteiger partial charge on any atom is -0.338 e. The van der Waals surface area contributed by atoms with Gasteiger partial charge < -0.3 is 10.3 Å². The quantitative estimate of drug-likeness (QED) is 0.233. The molecule has 0 fully saturated rings. The van der Waals surface area contributed by atoms with Crippen molar-refractivity contribution in [1.29, 1.82) is 0 Å². The standard InChI is InChI=1S/C30H26FN7O/c1-30(2,3)13-26(39)35-21-10-18(14-32-16-21)19-11-24-27(37-38-29(24)34-15-19)25-12-23-22(8-9-33-28(23)36-25)17-4-6-20(31)7-5-17/h4-12,14-16H,13H2,1-3H3,(H,33,36)(H,35,39)(H,34,37,38). The maximum absolute atomic E-state index is 13.5. The van der Waals surface area contributed by atoms with Gasteiger partial charge in [0.1, 0.15) is 11.5 Å². The van der Waals surface area contributed by atoms with Crippen molar-refractivity contribution >= 4 is 33.7 Å². The van der Waals surface area contributed by atoms with Crippen LogP contribution in [-0.4, -0.2) is 36.0 Å². The molecule has 0 radical (unpaired) electrons. The molecule has 6 rings (SSSR count). The first-order valence-corrected chi connectivity index (χ1v) is 12.6. The summed E-state index contributed by atoms with van der Waals surface area (Å²) in [7, 11) is 0. The zero-order valence-electron chi connectivity index (χ0n) is 21.7. The van der Waals surface area contributed by atoms with Gasteiger partial charge in [-0.05, 0) is 52.9 Å². The van der Waals surface area contributed by atoms with Gasteiger partial charge in [0.05, 0.1) is 23.3 Å². The molecule has 0 atom stereocenters. The van der Waals surface area contributed by atoms with Crippen LogP contribution in [0.25, 0.3) is 55.7 Å². The van der Waals surface area contributed by atoms with Gasteiger partial charge in [-0.25, -0.2) is 14.4 Å². The van der Waals surface area contributed by atoms with Crippen LogP contribution in [0.1, 0.15) is 27.2 Å². The Morgan fingerprint density at radius 1 is 0.923 bits per heavy atom. The van der Waals surface area contributed by atoms with Crippen molar-refractivity contribution in [2.24, 2.45) is 5.41 Å². The number of H-pyrrole nitrogens is 2. The zero-order valence-corrected chi connectivity index (χ0v) is 21.7. The highest BCUT2D eigenvalue weighted by Crippen LogP contribution is 2.34. The largest absolute Gasteiger partial charge is 0.338 e. The van der Waals surface area contributed by atoms with E-state index in [1.54, 1.807) is 36.9 Å². The van der Waals surface area contributed by atoms with E-state index in [1.807, 2.05) is 45.0 Å². The maximum atomic E-state index is 13.5. The lowest BCUT2D eigenvalue weighted by Gasteiger charge is -2.17. The molecule has 0 aliphatic rings. The third-order valence-electron chi connectivity index (χ3n) is 6.41. The van der Waals surface area contributed by atoms with E-state index in [1.165, 1.54) is 12.1 Å². The number of anilines is 1. The van der Waals surface area contributed by atoms with Gasteiger partial charge in [-0.1, -0.05) is 32.9 Å². The van der Waals surface area contributed by atoms with Crippen LogP contribution in [0.15, 0.2) is 73.3 Å². The number of rotatable bonds is 5. The van der Waals surface area contributed by atoms with Crippen LogP contribution in [0.3, 0.4) is 0 Å². The fourth-order valence-electron chi connectivity index (χ4n) is 4.66. The summed E-state index contributed by atoms with van der Waals surface area (Å²) in [5, 5.41) is 12.2. The fourth-order valence-corrected chi connectivity index (χ4v) is 4.66. The molecule has 5 heterocycles. The number of aromatic nitrogens is 6. The van der Waals surface area contributed by atoms with Crippen molar-refractivity contribution in [1.82, 2.24) is 30.1 Å². The average Bonchev–Trinajstić information content (AvgIpc) is 3.52. The molecule has 8 nitrogen and oxygen atoms in total. The normalized spacial score (nSPS) is 11.8. The average molecular weight is 520 g/mol. The number of carbonyl (C=O) groups excluding carboxylic acids is 1. The monoisotopic (exact) mass is 519 g/mol. The highest BCUT2D eigenvalue weighted by atomic mass is 19.1. The van der Waals surface area contributed by atoms with Crippen LogP contribution < -0.4 is 5.32 Å². The molecule has 0 saturated carbocycles. The minimum absolute atomic E-state index is 0.0559. The Labute approximate surface area is 223 Å². The van der Waals surface area contributed by atoms with Crippen molar-refractivity contribution in [2.75, 3.05) is 5.32 Å². The maximum Gasteiger partial charge on any atom is 0.224 e. The van der Waals surface area contributed by atoms with Gasteiger partial charge in [0.15, 0.2) is 5.65 Å². The van der Waals surface area contributed by atoms with E-state index >= 15 is 0 Å². The van der Waals surface area contributed by atoms with E-state index in [0.717, 1.165) is 44.4 Å². The van der Waals surface area contributed by atoms with Gasteiger partial charge in [-0.2, -0.15) is 5.10 Å². The van der Waals surface area contributed by atoms with Gasteiger partial charge in [0.25, 0.3) is 0 Å². The number of nitrogens with zero attached hydrogens (tertiary/aromatic N) is 4. The summed E-state index contributed by atoms with van der Waals surface area (Å²) < 4.78 is 13.5. The Bertz CT molecular complexity index is 1830. The molecule has 1 amide bonds. The molecule has 9 heteroatoms. The predicted octanol–water partition coefficient (Wildman–Crippen LogP) is 6.74. The van der Waals surface area contributed by atoms with Gasteiger partial charge in [-0.3, -0.25) is 14.9 Å². The predicted molar refractivity (Wildman–Crippen MR) is 150 cm³/mol. The summed E-state index contributed by atoms with van der Waals surface area (Å²) in [6, 6.07) is 14.2. The van der Waals surface area contributed by atoms with Crippen LogP contribution in [0.5, 0.6) is 0 Å². The summed E-state index contributed by atoms with van der Waals surface area (Å²) >= 11 is 0. The van der Waals surface area contributed by atoms with E-state index in [4.69, 9.17) is 0 Å². The van der Waals surface area contributed by atoms with E-state index < -0.39 is 0 Å². The summed E-state index contributed by atoms with van der Waals surface area (Å²) in [5.74, 6) is -0.335. The van der Waals surface area contributed by atoms with Crippen LogP contribution in [0.4, 0.5) is 10.1 Å². The summed E-state index contributed by atoms with van der Waals surface area (Å²) in [6.45, 7) is 6.08. The van der Waals surface area contributed by atoms with Gasteiger partial charge in [0.2, 0.25) is 5.91 Å². The molecule has 6 aromatic rings. The Morgan fingerprint density at radius 3 is 2.51 bits per heavy atom. The Balaban J connectivity index is 1.36. The number of benzene rings is 1. The molecule has 39 heavy (non-hydrogen) atoms. The van der Waals surface area contributed by atoms with Crippen molar-refractivity contribution in [3.63, 3.8) is 0 Å². The molecule has 0 spiro atoms. The lowest BCUT2D eigenvalue weighted by molar-refractivity contribution is -0.117. The summed E-state index contributed by atoms with van der Waals surface area (Å²) in [5.41, 5.74) is 6.87. The number of nitrogens with one attached hydrogen (secondary N) is 3. The van der Waals surface area contributed by atoms with E-state index in [2.05, 4.69) is 35.5 Å². The molecule has 0 unspecified atom stereocenters. The van der Waals surface area contributed by atoms with Crippen LogP contribution >= 0.6 is 0 Å². The number of amides is 1. The number of aromatic amines is 2. The van der Waals surface area contributed by atoms with Crippen molar-refractivity contribution in [3.8, 4) is 33.6 Å². The first kappa shape index (κ1) is 24.4. The highest BCUT2D eigenvalue weighted by molar-refractivity contribution is 6.00. The number of carbonyl (C=O) groups is 1. The number of fused-ring (bicyclic) bond motifs is 2. The second kappa shape index (κ2) is 9.43. The third kappa shape index (κ3) is 4.98. The molecule has 0 aliphatic carbocycles. The molecule has 1 aromatic carbocycles. The van der Waals surface area contributed by atoms with E-state index in [9.17, 15) is 9.18 Å².